The first-order valence-electron chi connectivity index (χ1n) is 5.58. The molecule has 0 aliphatic heterocycles. The highest BCUT2D eigenvalue weighted by Gasteiger charge is 2.09. The second-order valence-electron chi connectivity index (χ2n) is 3.78. The van der Waals surface area contributed by atoms with Crippen molar-refractivity contribution in [1.82, 2.24) is 9.78 Å². The van der Waals surface area contributed by atoms with E-state index in [4.69, 9.17) is 10.00 Å². The second kappa shape index (κ2) is 5.69. The molecule has 0 atom stereocenters. The summed E-state index contributed by atoms with van der Waals surface area (Å²) < 4.78 is 6.65. The van der Waals surface area contributed by atoms with Gasteiger partial charge in [-0.05, 0) is 18.2 Å². The number of nitriles is 1. The van der Waals surface area contributed by atoms with Crippen LogP contribution in [0, 0.1) is 11.3 Å². The Hall–Kier alpha value is -2.81. The van der Waals surface area contributed by atoms with Crippen molar-refractivity contribution in [2.45, 2.75) is 6.54 Å². The van der Waals surface area contributed by atoms with Crippen molar-refractivity contribution in [3.05, 3.63) is 42.2 Å². The van der Waals surface area contributed by atoms with E-state index in [9.17, 15) is 4.79 Å². The number of carbonyl (C=O) groups excluding carboxylic acids is 1. The van der Waals surface area contributed by atoms with Crippen molar-refractivity contribution in [2.24, 2.45) is 0 Å². The van der Waals surface area contributed by atoms with Crippen molar-refractivity contribution in [3.8, 4) is 11.8 Å². The molecule has 6 heteroatoms. The average Bonchev–Trinajstić information content (AvgIpc) is 2.91. The molecule has 1 aromatic heterocycles. The first kappa shape index (κ1) is 12.6. The lowest BCUT2D eigenvalue weighted by atomic mass is 10.2. The van der Waals surface area contributed by atoms with Gasteiger partial charge >= 0.3 is 0 Å². The average molecular weight is 256 g/mol. The van der Waals surface area contributed by atoms with Gasteiger partial charge in [-0.15, -0.1) is 0 Å². The Bertz CT molecular complexity index is 614. The third-order valence-corrected chi connectivity index (χ3v) is 2.47. The van der Waals surface area contributed by atoms with Gasteiger partial charge in [0.25, 0.3) is 0 Å². The van der Waals surface area contributed by atoms with E-state index < -0.39 is 0 Å². The fraction of sp³-hybridized carbons (Fsp3) is 0.154. The molecule has 6 nitrogen and oxygen atoms in total. The van der Waals surface area contributed by atoms with Crippen LogP contribution < -0.4 is 10.1 Å². The molecule has 0 unspecified atom stereocenters. The molecule has 0 aliphatic rings. The maximum atomic E-state index is 11.8. The summed E-state index contributed by atoms with van der Waals surface area (Å²) in [7, 11) is 1.49. The van der Waals surface area contributed by atoms with Crippen molar-refractivity contribution in [3.63, 3.8) is 0 Å². The number of ether oxygens (including phenoxy) is 1. The molecule has 1 aromatic carbocycles. The normalized spacial score (nSPS) is 9.68. The number of aromatic nitrogens is 2. The molecule has 0 spiro atoms. The summed E-state index contributed by atoms with van der Waals surface area (Å²) in [4.78, 5) is 11.8. The number of carbonyl (C=O) groups is 1. The molecule has 96 valence electrons. The van der Waals surface area contributed by atoms with Crippen LogP contribution in [0.5, 0.6) is 5.75 Å². The predicted octanol–water partition coefficient (Wildman–Crippen LogP) is 1.40. The smallest absolute Gasteiger partial charge is 0.246 e. The molecule has 1 amide bonds. The Morgan fingerprint density at radius 2 is 2.42 bits per heavy atom. The minimum absolute atomic E-state index is 0.121. The number of amides is 1. The maximum Gasteiger partial charge on any atom is 0.246 e. The molecule has 0 saturated carbocycles. The first-order valence-corrected chi connectivity index (χ1v) is 5.58. The molecule has 2 rings (SSSR count). The van der Waals surface area contributed by atoms with Crippen LogP contribution in [-0.4, -0.2) is 22.8 Å². The largest absolute Gasteiger partial charge is 0.495 e. The van der Waals surface area contributed by atoms with E-state index >= 15 is 0 Å². The Balaban J connectivity index is 2.10. The predicted molar refractivity (Wildman–Crippen MR) is 68.6 cm³/mol. The number of hydrogen-bond donors (Lipinski definition) is 1. The molecule has 0 radical (unpaired) electrons. The van der Waals surface area contributed by atoms with E-state index in [1.165, 1.54) is 11.8 Å². The summed E-state index contributed by atoms with van der Waals surface area (Å²) in [6, 6.07) is 8.58. The zero-order valence-corrected chi connectivity index (χ0v) is 10.3. The summed E-state index contributed by atoms with van der Waals surface area (Å²) in [5.74, 6) is 0.236. The summed E-state index contributed by atoms with van der Waals surface area (Å²) in [6.45, 7) is 0.121. The Labute approximate surface area is 110 Å². The molecule has 0 aliphatic carbocycles. The lowest BCUT2D eigenvalue weighted by molar-refractivity contribution is -0.116. The van der Waals surface area contributed by atoms with Gasteiger partial charge in [-0.3, -0.25) is 9.48 Å². The van der Waals surface area contributed by atoms with Gasteiger partial charge in [0.1, 0.15) is 12.3 Å². The molecule has 2 aromatic rings. The zero-order valence-electron chi connectivity index (χ0n) is 10.3. The first-order chi connectivity index (χ1) is 9.22. The standard InChI is InChI=1S/C13H12N4O2/c1-19-12-7-10(8-14)3-4-11(12)16-13(18)9-17-6-2-5-15-17/h2-7H,9H2,1H3,(H,16,18). The number of nitrogens with zero attached hydrogens (tertiary/aromatic N) is 3. The number of anilines is 1. The van der Waals surface area contributed by atoms with Gasteiger partial charge < -0.3 is 10.1 Å². The van der Waals surface area contributed by atoms with Gasteiger partial charge in [-0.1, -0.05) is 0 Å². The van der Waals surface area contributed by atoms with E-state index in [-0.39, 0.29) is 12.5 Å². The van der Waals surface area contributed by atoms with Crippen molar-refractivity contribution in [2.75, 3.05) is 12.4 Å². The quantitative estimate of drug-likeness (QED) is 0.896. The minimum Gasteiger partial charge on any atom is -0.495 e. The third kappa shape index (κ3) is 3.10. The van der Waals surface area contributed by atoms with E-state index in [1.807, 2.05) is 6.07 Å². The van der Waals surface area contributed by atoms with Crippen LogP contribution in [0.2, 0.25) is 0 Å². The van der Waals surface area contributed by atoms with Gasteiger partial charge in [0.15, 0.2) is 0 Å². The summed E-state index contributed by atoms with van der Waals surface area (Å²) >= 11 is 0. The maximum absolute atomic E-state index is 11.8. The SMILES string of the molecule is COc1cc(C#N)ccc1NC(=O)Cn1cccn1. The van der Waals surface area contributed by atoms with Crippen LogP contribution >= 0.6 is 0 Å². The summed E-state index contributed by atoms with van der Waals surface area (Å²) in [5, 5.41) is 15.5. The van der Waals surface area contributed by atoms with Gasteiger partial charge in [0.05, 0.1) is 24.4 Å². The van der Waals surface area contributed by atoms with Crippen LogP contribution in [0.1, 0.15) is 5.56 Å². The third-order valence-electron chi connectivity index (χ3n) is 2.47. The van der Waals surface area contributed by atoms with Gasteiger partial charge in [0, 0.05) is 18.5 Å². The van der Waals surface area contributed by atoms with E-state index in [2.05, 4.69) is 10.4 Å². The zero-order chi connectivity index (χ0) is 13.7. The van der Waals surface area contributed by atoms with Crippen LogP contribution in [0.15, 0.2) is 36.7 Å². The fourth-order valence-corrected chi connectivity index (χ4v) is 1.59. The van der Waals surface area contributed by atoms with Crippen LogP contribution in [0.4, 0.5) is 5.69 Å². The number of nitrogens with one attached hydrogen (secondary N) is 1. The van der Waals surface area contributed by atoms with E-state index in [0.29, 0.717) is 17.0 Å². The topological polar surface area (TPSA) is 79.9 Å². The van der Waals surface area contributed by atoms with Crippen LogP contribution in [-0.2, 0) is 11.3 Å². The highest BCUT2D eigenvalue weighted by molar-refractivity contribution is 5.92. The molecule has 1 heterocycles. The number of methoxy groups -OCH3 is 1. The number of rotatable bonds is 4. The summed E-state index contributed by atoms with van der Waals surface area (Å²) in [5.41, 5.74) is 1.00. The minimum atomic E-state index is -0.216. The highest BCUT2D eigenvalue weighted by atomic mass is 16.5. The molecule has 0 fully saturated rings. The van der Waals surface area contributed by atoms with Gasteiger partial charge in [0.2, 0.25) is 5.91 Å². The lowest BCUT2D eigenvalue weighted by Crippen LogP contribution is -2.19. The van der Waals surface area contributed by atoms with Crippen molar-refractivity contribution in [1.29, 1.82) is 5.26 Å². The molecule has 0 bridgehead atoms. The van der Waals surface area contributed by atoms with E-state index in [0.717, 1.165) is 0 Å². The highest BCUT2D eigenvalue weighted by Crippen LogP contribution is 2.25. The fourth-order valence-electron chi connectivity index (χ4n) is 1.59. The molecule has 19 heavy (non-hydrogen) atoms. The summed E-state index contributed by atoms with van der Waals surface area (Å²) in [6.07, 6.45) is 3.31. The van der Waals surface area contributed by atoms with Gasteiger partial charge in [-0.25, -0.2) is 0 Å². The van der Waals surface area contributed by atoms with Crippen LogP contribution in [0.25, 0.3) is 0 Å². The second-order valence-corrected chi connectivity index (χ2v) is 3.78. The van der Waals surface area contributed by atoms with E-state index in [1.54, 1.807) is 36.7 Å². The van der Waals surface area contributed by atoms with Crippen molar-refractivity contribution < 1.29 is 9.53 Å². The number of benzene rings is 1. The monoisotopic (exact) mass is 256 g/mol. The Morgan fingerprint density at radius 1 is 1.58 bits per heavy atom. The van der Waals surface area contributed by atoms with Gasteiger partial charge in [-0.2, -0.15) is 10.4 Å². The van der Waals surface area contributed by atoms with Crippen LogP contribution in [0.3, 0.4) is 0 Å². The molecule has 1 N–H and O–H groups in total. The molecule has 0 saturated heterocycles. The molecular formula is C13H12N4O2. The Morgan fingerprint density at radius 3 is 3.05 bits per heavy atom. The Kier molecular flexibility index (Phi) is 3.78. The molecular weight excluding hydrogens is 244 g/mol. The van der Waals surface area contributed by atoms with Crippen molar-refractivity contribution >= 4 is 11.6 Å². The lowest BCUT2D eigenvalue weighted by Gasteiger charge is -2.10. The number of hydrogen-bond acceptors (Lipinski definition) is 4.